The molecule has 2 heterocycles. The van der Waals surface area contributed by atoms with Gasteiger partial charge in [-0.15, -0.1) is 0 Å². The first-order chi connectivity index (χ1) is 17.0. The van der Waals surface area contributed by atoms with Crippen molar-refractivity contribution in [2.24, 2.45) is 0 Å². The highest BCUT2D eigenvalue weighted by atomic mass is 19.4. The van der Waals surface area contributed by atoms with Crippen LogP contribution in [0.5, 0.6) is 0 Å². The number of nitrogen functional groups attached to an aromatic ring is 1. The molecular weight excluding hydrogens is 477 g/mol. The van der Waals surface area contributed by atoms with Gasteiger partial charge in [-0.25, -0.2) is 9.48 Å². The molecule has 0 saturated carbocycles. The molecule has 4 rings (SSSR count). The average Bonchev–Trinajstić information content (AvgIpc) is 3.22. The van der Waals surface area contributed by atoms with Gasteiger partial charge < -0.3 is 10.6 Å². The molecule has 36 heavy (non-hydrogen) atoms. The van der Waals surface area contributed by atoms with Gasteiger partial charge >= 0.3 is 11.9 Å². The van der Waals surface area contributed by atoms with Crippen molar-refractivity contribution in [1.82, 2.24) is 19.3 Å². The lowest BCUT2D eigenvalue weighted by Crippen LogP contribution is -2.39. The molecule has 0 unspecified atom stereocenters. The molecule has 9 nitrogen and oxygen atoms in total. The lowest BCUT2D eigenvalue weighted by Gasteiger charge is -2.20. The summed E-state index contributed by atoms with van der Waals surface area (Å²) in [6.07, 6.45) is -3.35. The summed E-state index contributed by atoms with van der Waals surface area (Å²) in [6, 6.07) is 13.4. The molecular formula is C24H21F3N6O3. The van der Waals surface area contributed by atoms with Gasteiger partial charge in [-0.05, 0) is 30.7 Å². The Hall–Kier alpha value is -4.61. The summed E-state index contributed by atoms with van der Waals surface area (Å²) in [5.74, 6) is -0.904. The fraction of sp³-hybridized carbons (Fsp3) is 0.167. The molecule has 12 heteroatoms. The molecule has 4 aromatic rings. The second-order valence-corrected chi connectivity index (χ2v) is 8.03. The number of nitrogens with one attached hydrogen (secondary N) is 1. The molecule has 3 N–H and O–H groups in total. The van der Waals surface area contributed by atoms with E-state index in [0.29, 0.717) is 0 Å². The predicted octanol–water partition coefficient (Wildman–Crippen LogP) is 2.96. The number of rotatable bonds is 5. The summed E-state index contributed by atoms with van der Waals surface area (Å²) in [5, 5.41) is 4.07. The van der Waals surface area contributed by atoms with Crippen molar-refractivity contribution in [2.75, 3.05) is 17.7 Å². The molecule has 0 aliphatic rings. The maximum absolute atomic E-state index is 13.3. The van der Waals surface area contributed by atoms with E-state index in [0.717, 1.165) is 27.2 Å². The van der Waals surface area contributed by atoms with Gasteiger partial charge in [0.25, 0.3) is 11.5 Å². The lowest BCUT2D eigenvalue weighted by atomic mass is 10.2. The van der Waals surface area contributed by atoms with Crippen LogP contribution in [-0.4, -0.2) is 32.3 Å². The normalized spacial score (nSPS) is 11.5. The van der Waals surface area contributed by atoms with Crippen LogP contribution in [0.25, 0.3) is 5.69 Å². The van der Waals surface area contributed by atoms with E-state index in [9.17, 15) is 27.6 Å². The number of hydrogen-bond donors (Lipinski definition) is 2. The number of carbonyl (C=O) groups is 1. The molecule has 0 bridgehead atoms. The molecule has 1 amide bonds. The Morgan fingerprint density at radius 2 is 1.81 bits per heavy atom. The van der Waals surface area contributed by atoms with E-state index in [4.69, 9.17) is 5.73 Å². The molecule has 186 valence electrons. The molecule has 2 aromatic carbocycles. The van der Waals surface area contributed by atoms with Gasteiger partial charge in [0.15, 0.2) is 5.69 Å². The minimum absolute atomic E-state index is 0.0366. The fourth-order valence-electron chi connectivity index (χ4n) is 3.80. The smallest absolute Gasteiger partial charge is 0.383 e. The third kappa shape index (κ3) is 4.52. The Kier molecular flexibility index (Phi) is 6.27. The van der Waals surface area contributed by atoms with Gasteiger partial charge in [-0.3, -0.25) is 19.1 Å². The molecule has 0 saturated heterocycles. The van der Waals surface area contributed by atoms with E-state index in [-0.39, 0.29) is 35.0 Å². The van der Waals surface area contributed by atoms with Crippen LogP contribution in [-0.2, 0) is 12.7 Å². The second-order valence-electron chi connectivity index (χ2n) is 8.03. The van der Waals surface area contributed by atoms with E-state index in [2.05, 4.69) is 10.1 Å². The lowest BCUT2D eigenvalue weighted by molar-refractivity contribution is -0.137. The van der Waals surface area contributed by atoms with Crippen molar-refractivity contribution in [3.05, 3.63) is 104 Å². The van der Waals surface area contributed by atoms with Gasteiger partial charge in [0, 0.05) is 7.05 Å². The number of nitrogens with zero attached hydrogens (tertiary/aromatic N) is 4. The minimum Gasteiger partial charge on any atom is -0.383 e. The van der Waals surface area contributed by atoms with Crippen molar-refractivity contribution in [1.29, 1.82) is 0 Å². The van der Waals surface area contributed by atoms with E-state index in [1.165, 1.54) is 37.0 Å². The third-order valence-electron chi connectivity index (χ3n) is 5.70. The SMILES string of the molecule is Cc1c(C(=O)N(C)c2c(N)n(Cc3ccccc3)c(=O)[nH]c2=O)cnn1-c1cccc(C(F)(F)F)c1. The number of hydrogen-bond acceptors (Lipinski definition) is 5. The van der Waals surface area contributed by atoms with Gasteiger partial charge in [0.1, 0.15) is 5.82 Å². The highest BCUT2D eigenvalue weighted by molar-refractivity contribution is 6.07. The molecule has 0 radical (unpaired) electrons. The first kappa shape index (κ1) is 24.5. The van der Waals surface area contributed by atoms with Gasteiger partial charge in [-0.1, -0.05) is 36.4 Å². The van der Waals surface area contributed by atoms with Crippen molar-refractivity contribution in [2.45, 2.75) is 19.6 Å². The summed E-state index contributed by atoms with van der Waals surface area (Å²) in [7, 11) is 1.31. The zero-order valence-corrected chi connectivity index (χ0v) is 19.2. The van der Waals surface area contributed by atoms with E-state index in [1.807, 2.05) is 6.07 Å². The van der Waals surface area contributed by atoms with Crippen LogP contribution in [0.15, 0.2) is 70.4 Å². The Morgan fingerprint density at radius 3 is 2.47 bits per heavy atom. The third-order valence-corrected chi connectivity index (χ3v) is 5.70. The van der Waals surface area contributed by atoms with Crippen molar-refractivity contribution in [3.8, 4) is 5.69 Å². The fourth-order valence-corrected chi connectivity index (χ4v) is 3.80. The Labute approximate surface area is 202 Å². The summed E-state index contributed by atoms with van der Waals surface area (Å²) in [4.78, 5) is 41.5. The van der Waals surface area contributed by atoms with Gasteiger partial charge in [-0.2, -0.15) is 18.3 Å². The zero-order chi connectivity index (χ0) is 26.2. The zero-order valence-electron chi connectivity index (χ0n) is 19.2. The second kappa shape index (κ2) is 9.21. The van der Waals surface area contributed by atoms with E-state index in [1.54, 1.807) is 24.3 Å². The number of aromatic amines is 1. The minimum atomic E-state index is -4.54. The molecule has 0 spiro atoms. The Bertz CT molecular complexity index is 1550. The van der Waals surface area contributed by atoms with Gasteiger partial charge in [0.05, 0.1) is 35.2 Å². The van der Waals surface area contributed by atoms with Crippen LogP contribution in [0.4, 0.5) is 24.7 Å². The molecule has 0 atom stereocenters. The highest BCUT2D eigenvalue weighted by Gasteiger charge is 2.31. The first-order valence-electron chi connectivity index (χ1n) is 10.7. The topological polar surface area (TPSA) is 119 Å². The summed E-state index contributed by atoms with van der Waals surface area (Å²) in [5.41, 5.74) is 4.60. The maximum atomic E-state index is 13.3. The van der Waals surface area contributed by atoms with E-state index >= 15 is 0 Å². The van der Waals surface area contributed by atoms with E-state index < -0.39 is 28.9 Å². The van der Waals surface area contributed by atoms with Crippen LogP contribution < -0.4 is 21.9 Å². The van der Waals surface area contributed by atoms with Crippen molar-refractivity contribution < 1.29 is 18.0 Å². The number of amides is 1. The average molecular weight is 498 g/mol. The van der Waals surface area contributed by atoms with Crippen LogP contribution in [0.2, 0.25) is 0 Å². The van der Waals surface area contributed by atoms with Crippen LogP contribution in [0.3, 0.4) is 0 Å². The first-order valence-corrected chi connectivity index (χ1v) is 10.7. The number of aromatic nitrogens is 4. The highest BCUT2D eigenvalue weighted by Crippen LogP contribution is 2.30. The Morgan fingerprint density at radius 1 is 1.11 bits per heavy atom. The summed E-state index contributed by atoms with van der Waals surface area (Å²) in [6.45, 7) is 1.57. The standard InChI is InChI=1S/C24H21F3N6O3/c1-14-18(12-29-33(14)17-10-6-9-16(11-17)24(25,26)27)22(35)31(2)19-20(28)32(23(36)30-21(19)34)13-15-7-4-3-5-8-15/h3-12H,13,28H2,1-2H3,(H,30,34,36). The van der Waals surface area contributed by atoms with Crippen LogP contribution in [0, 0.1) is 6.92 Å². The molecule has 2 aromatic heterocycles. The number of carbonyl (C=O) groups excluding carboxylic acids is 1. The number of alkyl halides is 3. The van der Waals surface area contributed by atoms with Crippen LogP contribution >= 0.6 is 0 Å². The predicted molar refractivity (Wildman–Crippen MR) is 127 cm³/mol. The van der Waals surface area contributed by atoms with Crippen molar-refractivity contribution >= 4 is 17.4 Å². The Balaban J connectivity index is 1.71. The quantitative estimate of drug-likeness (QED) is 0.439. The summed E-state index contributed by atoms with van der Waals surface area (Å²) < 4.78 is 41.7. The van der Waals surface area contributed by atoms with Gasteiger partial charge in [0.2, 0.25) is 0 Å². The van der Waals surface area contributed by atoms with Crippen LogP contribution in [0.1, 0.15) is 27.2 Å². The monoisotopic (exact) mass is 498 g/mol. The summed E-state index contributed by atoms with van der Waals surface area (Å²) >= 11 is 0. The maximum Gasteiger partial charge on any atom is 0.416 e. The number of anilines is 2. The van der Waals surface area contributed by atoms with Crippen molar-refractivity contribution in [3.63, 3.8) is 0 Å². The number of benzene rings is 2. The largest absolute Gasteiger partial charge is 0.416 e. The molecule has 0 fully saturated rings. The number of H-pyrrole nitrogens is 1. The number of halogens is 3. The molecule has 0 aliphatic heterocycles. The molecule has 0 aliphatic carbocycles. The number of nitrogens with two attached hydrogens (primary N) is 1.